The molecule has 0 bridgehead atoms. The molecule has 4 heteroatoms. The van der Waals surface area contributed by atoms with Crippen LogP contribution in [-0.2, 0) is 11.3 Å². The van der Waals surface area contributed by atoms with Crippen LogP contribution in [0.4, 0.5) is 0 Å². The SMILES string of the molecule is CCC(C)[C@H](N)C(=O)NCc1ccncc1. The first-order valence-corrected chi connectivity index (χ1v) is 5.57. The lowest BCUT2D eigenvalue weighted by atomic mass is 9.99. The highest BCUT2D eigenvalue weighted by Crippen LogP contribution is 2.05. The zero-order valence-electron chi connectivity index (χ0n) is 9.81. The smallest absolute Gasteiger partial charge is 0.237 e. The second-order valence-corrected chi connectivity index (χ2v) is 3.98. The first-order valence-electron chi connectivity index (χ1n) is 5.57. The molecule has 2 atom stereocenters. The maximum absolute atomic E-state index is 11.7. The number of aromatic nitrogens is 1. The molecule has 1 rings (SSSR count). The Balaban J connectivity index is 2.41. The first-order chi connectivity index (χ1) is 7.65. The van der Waals surface area contributed by atoms with Gasteiger partial charge in [0.1, 0.15) is 0 Å². The van der Waals surface area contributed by atoms with Crippen molar-refractivity contribution in [2.24, 2.45) is 11.7 Å². The topological polar surface area (TPSA) is 68.0 Å². The fraction of sp³-hybridized carbons (Fsp3) is 0.500. The van der Waals surface area contributed by atoms with E-state index >= 15 is 0 Å². The largest absolute Gasteiger partial charge is 0.351 e. The fourth-order valence-corrected chi connectivity index (χ4v) is 1.32. The maximum atomic E-state index is 11.7. The predicted octanol–water partition coefficient (Wildman–Crippen LogP) is 1.07. The summed E-state index contributed by atoms with van der Waals surface area (Å²) in [5.74, 6) is 0.114. The third-order valence-electron chi connectivity index (χ3n) is 2.78. The number of hydrogen-bond donors (Lipinski definition) is 2. The van der Waals surface area contributed by atoms with Gasteiger partial charge in [0.05, 0.1) is 6.04 Å². The van der Waals surface area contributed by atoms with Crippen molar-refractivity contribution >= 4 is 5.91 Å². The third-order valence-corrected chi connectivity index (χ3v) is 2.78. The monoisotopic (exact) mass is 221 g/mol. The van der Waals surface area contributed by atoms with Crippen LogP contribution in [0, 0.1) is 5.92 Å². The van der Waals surface area contributed by atoms with E-state index in [0.29, 0.717) is 6.54 Å². The van der Waals surface area contributed by atoms with Crippen molar-refractivity contribution in [1.82, 2.24) is 10.3 Å². The van der Waals surface area contributed by atoms with Crippen LogP contribution < -0.4 is 11.1 Å². The lowest BCUT2D eigenvalue weighted by Gasteiger charge is -2.17. The van der Waals surface area contributed by atoms with Crippen LogP contribution in [0.25, 0.3) is 0 Å². The van der Waals surface area contributed by atoms with Gasteiger partial charge in [-0.2, -0.15) is 0 Å². The number of hydrogen-bond acceptors (Lipinski definition) is 3. The Morgan fingerprint density at radius 1 is 1.50 bits per heavy atom. The van der Waals surface area contributed by atoms with Crippen molar-refractivity contribution in [3.05, 3.63) is 30.1 Å². The molecular weight excluding hydrogens is 202 g/mol. The zero-order chi connectivity index (χ0) is 12.0. The van der Waals surface area contributed by atoms with Gasteiger partial charge >= 0.3 is 0 Å². The highest BCUT2D eigenvalue weighted by atomic mass is 16.2. The molecular formula is C12H19N3O. The number of amides is 1. The Kier molecular flexibility index (Phi) is 4.92. The van der Waals surface area contributed by atoms with Gasteiger partial charge in [-0.05, 0) is 23.6 Å². The van der Waals surface area contributed by atoms with E-state index in [1.807, 2.05) is 26.0 Å². The molecule has 1 heterocycles. The molecule has 0 spiro atoms. The molecule has 1 unspecified atom stereocenters. The number of rotatable bonds is 5. The van der Waals surface area contributed by atoms with Gasteiger partial charge in [-0.1, -0.05) is 20.3 Å². The highest BCUT2D eigenvalue weighted by molar-refractivity contribution is 5.81. The summed E-state index contributed by atoms with van der Waals surface area (Å²) in [6.45, 7) is 4.52. The summed E-state index contributed by atoms with van der Waals surface area (Å²) < 4.78 is 0. The molecule has 0 aliphatic heterocycles. The molecule has 0 fully saturated rings. The number of nitrogens with zero attached hydrogens (tertiary/aromatic N) is 1. The van der Waals surface area contributed by atoms with Crippen LogP contribution in [-0.4, -0.2) is 16.9 Å². The van der Waals surface area contributed by atoms with Crippen molar-refractivity contribution < 1.29 is 4.79 Å². The van der Waals surface area contributed by atoms with E-state index in [4.69, 9.17) is 5.73 Å². The second kappa shape index (κ2) is 6.23. The summed E-state index contributed by atoms with van der Waals surface area (Å²) >= 11 is 0. The van der Waals surface area contributed by atoms with Crippen molar-refractivity contribution in [3.8, 4) is 0 Å². The van der Waals surface area contributed by atoms with Crippen LogP contribution in [0.5, 0.6) is 0 Å². The molecule has 16 heavy (non-hydrogen) atoms. The maximum Gasteiger partial charge on any atom is 0.237 e. The molecule has 0 saturated heterocycles. The second-order valence-electron chi connectivity index (χ2n) is 3.98. The molecule has 3 N–H and O–H groups in total. The van der Waals surface area contributed by atoms with Crippen molar-refractivity contribution in [2.45, 2.75) is 32.9 Å². The molecule has 0 radical (unpaired) electrons. The number of carbonyl (C=O) groups excluding carboxylic acids is 1. The lowest BCUT2D eigenvalue weighted by Crippen LogP contribution is -2.44. The standard InChI is InChI=1S/C12H19N3O/c1-3-9(2)11(13)12(16)15-8-10-4-6-14-7-5-10/h4-7,9,11H,3,8,13H2,1-2H3,(H,15,16)/t9?,11-/m0/s1. The Morgan fingerprint density at radius 3 is 2.69 bits per heavy atom. The highest BCUT2D eigenvalue weighted by Gasteiger charge is 2.18. The van der Waals surface area contributed by atoms with Gasteiger partial charge in [-0.25, -0.2) is 0 Å². The minimum atomic E-state index is -0.424. The molecule has 0 aliphatic carbocycles. The van der Waals surface area contributed by atoms with Gasteiger partial charge in [-0.15, -0.1) is 0 Å². The van der Waals surface area contributed by atoms with Gasteiger partial charge < -0.3 is 11.1 Å². The minimum absolute atomic E-state index is 0.0915. The Morgan fingerprint density at radius 2 is 2.12 bits per heavy atom. The molecule has 4 nitrogen and oxygen atoms in total. The van der Waals surface area contributed by atoms with E-state index in [2.05, 4.69) is 10.3 Å². The van der Waals surface area contributed by atoms with E-state index in [-0.39, 0.29) is 11.8 Å². The third kappa shape index (κ3) is 3.62. The van der Waals surface area contributed by atoms with E-state index in [0.717, 1.165) is 12.0 Å². The average molecular weight is 221 g/mol. The van der Waals surface area contributed by atoms with Crippen molar-refractivity contribution in [3.63, 3.8) is 0 Å². The summed E-state index contributed by atoms with van der Waals surface area (Å²) in [7, 11) is 0. The molecule has 0 aromatic carbocycles. The Hall–Kier alpha value is -1.42. The normalized spacial score (nSPS) is 14.2. The molecule has 1 amide bonds. The summed E-state index contributed by atoms with van der Waals surface area (Å²) in [5, 5.41) is 2.82. The Labute approximate surface area is 96.3 Å². The van der Waals surface area contributed by atoms with Crippen molar-refractivity contribution in [2.75, 3.05) is 0 Å². The van der Waals surface area contributed by atoms with Crippen LogP contribution in [0.3, 0.4) is 0 Å². The van der Waals surface area contributed by atoms with Crippen LogP contribution in [0.15, 0.2) is 24.5 Å². The van der Waals surface area contributed by atoms with E-state index in [1.165, 1.54) is 0 Å². The molecule has 0 aliphatic rings. The van der Waals surface area contributed by atoms with Crippen LogP contribution in [0.1, 0.15) is 25.8 Å². The Bertz CT molecular complexity index is 326. The fourth-order valence-electron chi connectivity index (χ4n) is 1.32. The molecule has 88 valence electrons. The van der Waals surface area contributed by atoms with E-state index in [9.17, 15) is 4.79 Å². The van der Waals surface area contributed by atoms with Gasteiger partial charge in [0.25, 0.3) is 0 Å². The zero-order valence-corrected chi connectivity index (χ0v) is 9.81. The first kappa shape index (κ1) is 12.6. The van der Waals surface area contributed by atoms with Gasteiger partial charge in [0.2, 0.25) is 5.91 Å². The van der Waals surface area contributed by atoms with Crippen LogP contribution >= 0.6 is 0 Å². The number of nitrogens with one attached hydrogen (secondary N) is 1. The number of carbonyl (C=O) groups is 1. The van der Waals surface area contributed by atoms with Gasteiger partial charge in [0.15, 0.2) is 0 Å². The molecule has 1 aromatic rings. The minimum Gasteiger partial charge on any atom is -0.351 e. The quantitative estimate of drug-likeness (QED) is 0.781. The number of pyridine rings is 1. The van der Waals surface area contributed by atoms with E-state index < -0.39 is 6.04 Å². The van der Waals surface area contributed by atoms with Gasteiger partial charge in [0, 0.05) is 18.9 Å². The summed E-state index contributed by atoms with van der Waals surface area (Å²) in [6, 6.07) is 3.32. The number of nitrogens with two attached hydrogens (primary N) is 1. The van der Waals surface area contributed by atoms with Crippen LogP contribution in [0.2, 0.25) is 0 Å². The van der Waals surface area contributed by atoms with Gasteiger partial charge in [-0.3, -0.25) is 9.78 Å². The predicted molar refractivity (Wildman–Crippen MR) is 63.5 cm³/mol. The molecule has 1 aromatic heterocycles. The summed E-state index contributed by atoms with van der Waals surface area (Å²) in [5.41, 5.74) is 6.84. The van der Waals surface area contributed by atoms with E-state index in [1.54, 1.807) is 12.4 Å². The summed E-state index contributed by atoms with van der Waals surface area (Å²) in [4.78, 5) is 15.6. The summed E-state index contributed by atoms with van der Waals surface area (Å²) in [6.07, 6.45) is 4.32. The molecule has 0 saturated carbocycles. The lowest BCUT2D eigenvalue weighted by molar-refractivity contribution is -0.123. The van der Waals surface area contributed by atoms with Crippen molar-refractivity contribution in [1.29, 1.82) is 0 Å². The average Bonchev–Trinajstić information content (AvgIpc) is 2.35.